The number of amides is 1. The molecule has 0 atom stereocenters. The number of hydrogen-bond donors (Lipinski definition) is 1. The Morgan fingerprint density at radius 3 is 2.96 bits per heavy atom. The maximum Gasteiger partial charge on any atom is 0.254 e. The highest BCUT2D eigenvalue weighted by atomic mass is 16.2. The number of pyridine rings is 1. The van der Waals surface area contributed by atoms with Crippen LogP contribution < -0.4 is 0 Å². The van der Waals surface area contributed by atoms with E-state index in [4.69, 9.17) is 5.26 Å². The Labute approximate surface area is 158 Å². The van der Waals surface area contributed by atoms with Crippen molar-refractivity contribution in [2.45, 2.75) is 38.6 Å². The molecule has 1 aliphatic rings. The van der Waals surface area contributed by atoms with Crippen LogP contribution in [-0.4, -0.2) is 27.3 Å². The first kappa shape index (κ1) is 17.3. The summed E-state index contributed by atoms with van der Waals surface area (Å²) in [5.74, 6) is -0.0400. The molecule has 0 saturated heterocycles. The highest BCUT2D eigenvalue weighted by Crippen LogP contribution is 2.30. The second-order valence-electron chi connectivity index (χ2n) is 7.05. The normalized spacial score (nSPS) is 13.1. The Balaban J connectivity index is 1.64. The van der Waals surface area contributed by atoms with Crippen LogP contribution in [-0.2, 0) is 19.4 Å². The van der Waals surface area contributed by atoms with Gasteiger partial charge in [0.15, 0.2) is 0 Å². The van der Waals surface area contributed by atoms with Crippen LogP contribution in [0.3, 0.4) is 0 Å². The smallest absolute Gasteiger partial charge is 0.254 e. The van der Waals surface area contributed by atoms with Crippen molar-refractivity contribution >= 4 is 16.8 Å². The highest BCUT2D eigenvalue weighted by molar-refractivity contribution is 5.99. The van der Waals surface area contributed by atoms with Crippen LogP contribution in [0.15, 0.2) is 42.7 Å². The van der Waals surface area contributed by atoms with Gasteiger partial charge in [-0.05, 0) is 61.1 Å². The zero-order valence-corrected chi connectivity index (χ0v) is 15.2. The Morgan fingerprint density at radius 1 is 1.26 bits per heavy atom. The summed E-state index contributed by atoms with van der Waals surface area (Å²) >= 11 is 0. The first-order chi connectivity index (χ1) is 13.3. The Kier molecular flexibility index (Phi) is 4.88. The molecule has 1 aliphatic carbocycles. The van der Waals surface area contributed by atoms with E-state index in [-0.39, 0.29) is 5.91 Å². The lowest BCUT2D eigenvalue weighted by Crippen LogP contribution is -2.31. The molecule has 3 aromatic rings. The third-order valence-electron chi connectivity index (χ3n) is 5.22. The van der Waals surface area contributed by atoms with Gasteiger partial charge in [0.2, 0.25) is 0 Å². The fourth-order valence-electron chi connectivity index (χ4n) is 3.87. The fraction of sp³-hybridized carbons (Fsp3) is 0.318. The first-order valence-corrected chi connectivity index (χ1v) is 9.45. The zero-order valence-electron chi connectivity index (χ0n) is 15.2. The molecule has 5 heteroatoms. The van der Waals surface area contributed by atoms with E-state index in [2.05, 4.69) is 16.0 Å². The molecule has 0 aliphatic heterocycles. The minimum atomic E-state index is -0.0400. The number of rotatable bonds is 5. The molecule has 4 rings (SSSR count). The summed E-state index contributed by atoms with van der Waals surface area (Å²) in [4.78, 5) is 22.5. The number of carbonyl (C=O) groups excluding carboxylic acids is 1. The summed E-state index contributed by atoms with van der Waals surface area (Å²) in [5, 5.41) is 10.1. The zero-order chi connectivity index (χ0) is 18.6. The molecule has 1 amide bonds. The van der Waals surface area contributed by atoms with Crippen molar-refractivity contribution < 1.29 is 4.79 Å². The third-order valence-corrected chi connectivity index (χ3v) is 5.22. The molecule has 136 valence electrons. The van der Waals surface area contributed by atoms with Gasteiger partial charge in [-0.1, -0.05) is 6.07 Å². The van der Waals surface area contributed by atoms with Gasteiger partial charge < -0.3 is 9.88 Å². The monoisotopic (exact) mass is 358 g/mol. The lowest BCUT2D eigenvalue weighted by Gasteiger charge is -2.22. The van der Waals surface area contributed by atoms with Crippen molar-refractivity contribution in [1.82, 2.24) is 14.9 Å². The number of hydrogen-bond acceptors (Lipinski definition) is 3. The molecule has 0 saturated carbocycles. The number of nitrogens with zero attached hydrogens (tertiary/aromatic N) is 3. The van der Waals surface area contributed by atoms with Crippen LogP contribution in [0.4, 0.5) is 0 Å². The summed E-state index contributed by atoms with van der Waals surface area (Å²) in [6.07, 6.45) is 8.37. The van der Waals surface area contributed by atoms with Gasteiger partial charge >= 0.3 is 0 Å². The molecule has 2 heterocycles. The van der Waals surface area contributed by atoms with Gasteiger partial charge in [-0.2, -0.15) is 5.26 Å². The van der Waals surface area contributed by atoms with Crippen LogP contribution in [0.2, 0.25) is 0 Å². The van der Waals surface area contributed by atoms with Gasteiger partial charge in [0, 0.05) is 47.6 Å². The van der Waals surface area contributed by atoms with Gasteiger partial charge in [0.05, 0.1) is 12.5 Å². The number of carbonyl (C=O) groups is 1. The standard InChI is InChI=1S/C22H22N4O/c23-10-4-12-26(15-16-5-3-11-24-14-16)22(27)17-8-9-21-19(13-17)18-6-1-2-7-20(18)25-21/h3,5,8-9,11,13-14,25H,1-2,4,6-7,12,15H2. The molecular weight excluding hydrogens is 336 g/mol. The minimum absolute atomic E-state index is 0.0400. The Morgan fingerprint density at radius 2 is 2.15 bits per heavy atom. The number of aromatic amines is 1. The number of nitriles is 1. The lowest BCUT2D eigenvalue weighted by atomic mass is 9.95. The maximum atomic E-state index is 13.2. The third kappa shape index (κ3) is 3.56. The predicted molar refractivity (Wildman–Crippen MR) is 104 cm³/mol. The second kappa shape index (κ2) is 7.63. The number of fused-ring (bicyclic) bond motifs is 3. The van der Waals surface area contributed by atoms with E-state index in [1.54, 1.807) is 17.3 Å². The number of benzene rings is 1. The summed E-state index contributed by atoms with van der Waals surface area (Å²) in [7, 11) is 0. The quantitative estimate of drug-likeness (QED) is 0.749. The molecule has 2 aromatic heterocycles. The number of aryl methyl sites for hydroxylation is 2. The van der Waals surface area contributed by atoms with Crippen molar-refractivity contribution in [1.29, 1.82) is 5.26 Å². The van der Waals surface area contributed by atoms with E-state index < -0.39 is 0 Å². The fourth-order valence-corrected chi connectivity index (χ4v) is 3.87. The van der Waals surface area contributed by atoms with E-state index in [1.807, 2.05) is 30.3 Å². The molecule has 1 aromatic carbocycles. The molecule has 0 radical (unpaired) electrons. The first-order valence-electron chi connectivity index (χ1n) is 9.45. The van der Waals surface area contributed by atoms with Crippen molar-refractivity contribution in [3.63, 3.8) is 0 Å². The van der Waals surface area contributed by atoms with E-state index >= 15 is 0 Å². The summed E-state index contributed by atoms with van der Waals surface area (Å²) < 4.78 is 0. The second-order valence-corrected chi connectivity index (χ2v) is 7.05. The molecule has 0 fully saturated rings. The summed E-state index contributed by atoms with van der Waals surface area (Å²) in [6, 6.07) is 11.9. The van der Waals surface area contributed by atoms with E-state index in [9.17, 15) is 4.79 Å². The number of H-pyrrole nitrogens is 1. The van der Waals surface area contributed by atoms with E-state index in [1.165, 1.54) is 24.1 Å². The predicted octanol–water partition coefficient (Wildman–Crippen LogP) is 4.00. The molecule has 0 bridgehead atoms. The number of nitrogens with one attached hydrogen (secondary N) is 1. The molecule has 27 heavy (non-hydrogen) atoms. The molecule has 5 nitrogen and oxygen atoms in total. The molecule has 0 spiro atoms. The largest absolute Gasteiger partial charge is 0.358 e. The van der Waals surface area contributed by atoms with Crippen molar-refractivity contribution in [2.75, 3.05) is 6.54 Å². The topological polar surface area (TPSA) is 72.8 Å². The highest BCUT2D eigenvalue weighted by Gasteiger charge is 2.20. The maximum absolute atomic E-state index is 13.2. The van der Waals surface area contributed by atoms with Gasteiger partial charge in [0.1, 0.15) is 0 Å². The van der Waals surface area contributed by atoms with Crippen molar-refractivity contribution in [3.8, 4) is 6.07 Å². The average Bonchev–Trinajstić information content (AvgIpc) is 3.09. The number of aromatic nitrogens is 2. The molecular formula is C22H22N4O. The van der Waals surface area contributed by atoms with Crippen molar-refractivity contribution in [3.05, 3.63) is 65.1 Å². The molecule has 1 N–H and O–H groups in total. The van der Waals surface area contributed by atoms with Gasteiger partial charge in [-0.25, -0.2) is 0 Å². The van der Waals surface area contributed by atoms with Crippen LogP contribution in [0.25, 0.3) is 10.9 Å². The SMILES string of the molecule is N#CCCN(Cc1cccnc1)C(=O)c1ccc2[nH]c3c(c2c1)CCCC3. The van der Waals surface area contributed by atoms with Gasteiger partial charge in [0.25, 0.3) is 5.91 Å². The van der Waals surface area contributed by atoms with E-state index in [0.29, 0.717) is 25.1 Å². The summed E-state index contributed by atoms with van der Waals surface area (Å²) in [5.41, 5.74) is 5.43. The molecule has 0 unspecified atom stereocenters. The van der Waals surface area contributed by atoms with Crippen LogP contribution in [0.5, 0.6) is 0 Å². The Hall–Kier alpha value is -3.13. The van der Waals surface area contributed by atoms with Crippen molar-refractivity contribution in [2.24, 2.45) is 0 Å². The van der Waals surface area contributed by atoms with Gasteiger partial charge in [-0.3, -0.25) is 9.78 Å². The van der Waals surface area contributed by atoms with Crippen LogP contribution in [0, 0.1) is 11.3 Å². The van der Waals surface area contributed by atoms with Crippen LogP contribution >= 0.6 is 0 Å². The van der Waals surface area contributed by atoms with Gasteiger partial charge in [-0.15, -0.1) is 0 Å². The van der Waals surface area contributed by atoms with E-state index in [0.717, 1.165) is 29.3 Å². The average molecular weight is 358 g/mol. The summed E-state index contributed by atoms with van der Waals surface area (Å²) in [6.45, 7) is 0.866. The van der Waals surface area contributed by atoms with Crippen LogP contribution in [0.1, 0.15) is 46.4 Å². The Bertz CT molecular complexity index is 1000. The minimum Gasteiger partial charge on any atom is -0.358 e. The lowest BCUT2D eigenvalue weighted by molar-refractivity contribution is 0.0747.